The number of carbonyl (C=O) groups is 2. The van der Waals surface area contributed by atoms with E-state index in [4.69, 9.17) is 4.42 Å². The third-order valence-electron chi connectivity index (χ3n) is 10.3. The molecule has 3 aromatic rings. The van der Waals surface area contributed by atoms with Crippen molar-refractivity contribution in [2.24, 2.45) is 0 Å². The van der Waals surface area contributed by atoms with Gasteiger partial charge in [-0.3, -0.25) is 19.4 Å². The van der Waals surface area contributed by atoms with Crippen LogP contribution in [0.5, 0.6) is 0 Å². The van der Waals surface area contributed by atoms with Crippen LogP contribution >= 0.6 is 0 Å². The molecule has 1 aromatic heterocycles. The zero-order valence-corrected chi connectivity index (χ0v) is 24.4. The summed E-state index contributed by atoms with van der Waals surface area (Å²) in [6, 6.07) is 22.2. The Morgan fingerprint density at radius 2 is 1.52 bits per heavy atom. The first-order valence-electron chi connectivity index (χ1n) is 15.9. The van der Waals surface area contributed by atoms with Crippen molar-refractivity contribution in [2.45, 2.75) is 62.6 Å². The number of aryl methyl sites for hydroxylation is 1. The summed E-state index contributed by atoms with van der Waals surface area (Å²) in [5.74, 6) is 0.419. The quantitative estimate of drug-likeness (QED) is 0.442. The minimum atomic E-state index is 0.00550. The zero-order chi connectivity index (χ0) is 28.5. The number of nitrogens with zero attached hydrogens (tertiary/aromatic N) is 4. The van der Waals surface area contributed by atoms with Crippen molar-refractivity contribution in [2.75, 3.05) is 45.8 Å². The van der Waals surface area contributed by atoms with E-state index in [1.165, 1.54) is 16.7 Å². The van der Waals surface area contributed by atoms with E-state index in [1.807, 2.05) is 4.90 Å². The number of hydrogen-bond acceptors (Lipinski definition) is 5. The summed E-state index contributed by atoms with van der Waals surface area (Å²) < 4.78 is 5.12. The van der Waals surface area contributed by atoms with Crippen LogP contribution in [0.3, 0.4) is 0 Å². The Kier molecular flexibility index (Phi) is 7.87. The van der Waals surface area contributed by atoms with Crippen molar-refractivity contribution in [1.29, 1.82) is 0 Å². The number of benzene rings is 2. The molecule has 42 heavy (non-hydrogen) atoms. The van der Waals surface area contributed by atoms with Crippen molar-refractivity contribution in [1.82, 2.24) is 19.6 Å². The average molecular weight is 567 g/mol. The molecule has 4 heterocycles. The first kappa shape index (κ1) is 27.4. The fourth-order valence-corrected chi connectivity index (χ4v) is 8.01. The number of piperazine rings is 1. The average Bonchev–Trinajstić information content (AvgIpc) is 3.83. The molecule has 0 bridgehead atoms. The molecule has 7 rings (SSSR count). The second-order valence-corrected chi connectivity index (χ2v) is 12.6. The summed E-state index contributed by atoms with van der Waals surface area (Å²) in [6.45, 7) is 6.65. The smallest absolute Gasteiger partial charge is 0.257 e. The number of rotatable bonds is 6. The maximum Gasteiger partial charge on any atom is 0.257 e. The highest BCUT2D eigenvalue weighted by Crippen LogP contribution is 2.37. The Bertz CT molecular complexity index is 1370. The summed E-state index contributed by atoms with van der Waals surface area (Å²) in [7, 11) is 0. The van der Waals surface area contributed by atoms with Gasteiger partial charge >= 0.3 is 0 Å². The number of fused-ring (bicyclic) bond motifs is 1. The second-order valence-electron chi connectivity index (χ2n) is 12.6. The van der Waals surface area contributed by atoms with E-state index in [-0.39, 0.29) is 17.9 Å². The lowest BCUT2D eigenvalue weighted by Gasteiger charge is -2.47. The number of amides is 2. The summed E-state index contributed by atoms with van der Waals surface area (Å²) >= 11 is 0. The van der Waals surface area contributed by atoms with Crippen LogP contribution < -0.4 is 0 Å². The first-order valence-corrected chi connectivity index (χ1v) is 15.9. The van der Waals surface area contributed by atoms with Gasteiger partial charge in [0, 0.05) is 63.9 Å². The van der Waals surface area contributed by atoms with Gasteiger partial charge in [-0.2, -0.15) is 0 Å². The molecular weight excluding hydrogens is 524 g/mol. The zero-order valence-electron chi connectivity index (χ0n) is 24.4. The Hall–Kier alpha value is -3.42. The number of carbonyl (C=O) groups excluding carboxylic acids is 2. The summed E-state index contributed by atoms with van der Waals surface area (Å²) in [5.41, 5.74) is 4.55. The van der Waals surface area contributed by atoms with Crippen LogP contribution in [0.15, 0.2) is 77.6 Å². The third-order valence-corrected chi connectivity index (χ3v) is 10.3. The van der Waals surface area contributed by atoms with Gasteiger partial charge in [0.1, 0.15) is 6.26 Å². The lowest BCUT2D eigenvalue weighted by molar-refractivity contribution is -0.137. The Morgan fingerprint density at radius 1 is 0.786 bits per heavy atom. The van der Waals surface area contributed by atoms with Crippen molar-refractivity contribution in [3.05, 3.63) is 95.4 Å². The van der Waals surface area contributed by atoms with Crippen molar-refractivity contribution in [3.8, 4) is 0 Å². The molecule has 4 aliphatic rings. The standard InChI is InChI=1S/C35H42N4O3/c40-34(28-14-21-42-25-28)38-15-12-30(24-38)37-19-17-36(18-20-37)29-13-16-39(31(23-29)22-26-6-2-1-3-7-26)35(41)33-11-10-27-8-4-5-9-32(27)33/h1-9,14,21,25,29-31,33H,10-13,15-20,22-24H2. The van der Waals surface area contributed by atoms with Crippen LogP contribution in [0.4, 0.5) is 0 Å². The first-order chi connectivity index (χ1) is 20.6. The molecule has 0 saturated carbocycles. The molecule has 3 fully saturated rings. The fraction of sp³-hybridized carbons (Fsp3) is 0.486. The van der Waals surface area contributed by atoms with Gasteiger partial charge in [0.25, 0.3) is 5.91 Å². The minimum absolute atomic E-state index is 0.00550. The predicted octanol–water partition coefficient (Wildman–Crippen LogP) is 4.44. The monoisotopic (exact) mass is 566 g/mol. The molecule has 4 unspecified atom stereocenters. The van der Waals surface area contributed by atoms with E-state index < -0.39 is 0 Å². The molecule has 0 spiro atoms. The fourth-order valence-electron chi connectivity index (χ4n) is 8.01. The molecule has 0 radical (unpaired) electrons. The van der Waals surface area contributed by atoms with Gasteiger partial charge in [0.15, 0.2) is 0 Å². The normalized spacial score (nSPS) is 26.9. The number of hydrogen-bond donors (Lipinski definition) is 0. The van der Waals surface area contributed by atoms with Crippen LogP contribution in [0.2, 0.25) is 0 Å². The lowest BCUT2D eigenvalue weighted by atomic mass is 9.88. The Balaban J connectivity index is 0.985. The molecule has 7 nitrogen and oxygen atoms in total. The van der Waals surface area contributed by atoms with Gasteiger partial charge in [0.2, 0.25) is 5.91 Å². The van der Waals surface area contributed by atoms with Crippen LogP contribution in [0, 0.1) is 0 Å². The molecule has 0 N–H and O–H groups in total. The van der Waals surface area contributed by atoms with E-state index >= 15 is 0 Å². The second kappa shape index (κ2) is 12.1. The minimum Gasteiger partial charge on any atom is -0.472 e. The number of furan rings is 1. The topological polar surface area (TPSA) is 60.2 Å². The van der Waals surface area contributed by atoms with E-state index in [9.17, 15) is 9.59 Å². The molecule has 1 aliphatic carbocycles. The molecule has 3 aliphatic heterocycles. The van der Waals surface area contributed by atoms with Crippen molar-refractivity contribution in [3.63, 3.8) is 0 Å². The van der Waals surface area contributed by atoms with Crippen molar-refractivity contribution >= 4 is 11.8 Å². The molecule has 7 heteroatoms. The summed E-state index contributed by atoms with van der Waals surface area (Å²) in [4.78, 5) is 36.3. The Labute approximate surface area is 249 Å². The van der Waals surface area contributed by atoms with Crippen LogP contribution in [-0.2, 0) is 17.6 Å². The number of piperidine rings is 1. The number of likely N-dealkylation sites (tertiary alicyclic amines) is 2. The highest BCUT2D eigenvalue weighted by Gasteiger charge is 2.40. The van der Waals surface area contributed by atoms with E-state index in [0.29, 0.717) is 23.6 Å². The SMILES string of the molecule is O=C(c1ccoc1)N1CCC(N2CCN(C3CCN(C(=O)C4CCc5ccccc54)C(Cc4ccccc4)C3)CC2)C1. The molecule has 220 valence electrons. The van der Waals surface area contributed by atoms with Gasteiger partial charge in [0.05, 0.1) is 17.7 Å². The summed E-state index contributed by atoms with van der Waals surface area (Å²) in [5, 5.41) is 0. The molecule has 3 saturated heterocycles. The Morgan fingerprint density at radius 3 is 2.31 bits per heavy atom. The van der Waals surface area contributed by atoms with Gasteiger partial charge in [-0.1, -0.05) is 54.6 Å². The lowest BCUT2D eigenvalue weighted by Crippen LogP contribution is -2.58. The maximum atomic E-state index is 14.1. The maximum absolute atomic E-state index is 14.1. The predicted molar refractivity (Wildman–Crippen MR) is 162 cm³/mol. The molecule has 2 aromatic carbocycles. The van der Waals surface area contributed by atoms with E-state index in [1.54, 1.807) is 18.6 Å². The molecule has 4 atom stereocenters. The van der Waals surface area contributed by atoms with Crippen molar-refractivity contribution < 1.29 is 14.0 Å². The molecule has 2 amide bonds. The van der Waals surface area contributed by atoms with E-state index in [2.05, 4.69) is 69.3 Å². The largest absolute Gasteiger partial charge is 0.472 e. The van der Waals surface area contributed by atoms with Crippen LogP contribution in [0.1, 0.15) is 58.6 Å². The highest BCUT2D eigenvalue weighted by atomic mass is 16.3. The van der Waals surface area contributed by atoms with Crippen LogP contribution in [0.25, 0.3) is 0 Å². The molecular formula is C35H42N4O3. The van der Waals surface area contributed by atoms with E-state index in [0.717, 1.165) is 84.3 Å². The van der Waals surface area contributed by atoms with Gasteiger partial charge in [-0.25, -0.2) is 0 Å². The van der Waals surface area contributed by atoms with Crippen LogP contribution in [-0.4, -0.2) is 95.4 Å². The van der Waals surface area contributed by atoms with Gasteiger partial charge in [-0.05, 0) is 61.3 Å². The highest BCUT2D eigenvalue weighted by molar-refractivity contribution is 5.94. The summed E-state index contributed by atoms with van der Waals surface area (Å²) in [6.07, 6.45) is 9.08. The third kappa shape index (κ3) is 5.52. The van der Waals surface area contributed by atoms with Gasteiger partial charge in [-0.15, -0.1) is 0 Å². The van der Waals surface area contributed by atoms with Gasteiger partial charge < -0.3 is 14.2 Å².